The number of ether oxygens (including phenoxy) is 1. The number of hydrogen-bond acceptors (Lipinski definition) is 3. The van der Waals surface area contributed by atoms with Crippen LogP contribution < -0.4 is 10.1 Å². The Kier molecular flexibility index (Phi) is 6.68. The van der Waals surface area contributed by atoms with Crippen LogP contribution in [0, 0.1) is 12.3 Å². The molecule has 22 heavy (non-hydrogen) atoms. The molecule has 0 bridgehead atoms. The average Bonchev–Trinajstić information content (AvgIpc) is 2.42. The summed E-state index contributed by atoms with van der Waals surface area (Å²) in [5.41, 5.74) is 1.71. The molecule has 0 spiro atoms. The molecule has 0 atom stereocenters. The van der Waals surface area contributed by atoms with E-state index >= 15 is 0 Å². The van der Waals surface area contributed by atoms with Gasteiger partial charge in [-0.2, -0.15) is 0 Å². The van der Waals surface area contributed by atoms with Gasteiger partial charge in [0.15, 0.2) is 0 Å². The molecule has 124 valence electrons. The Morgan fingerprint density at radius 2 is 2.05 bits per heavy atom. The molecule has 0 heterocycles. The lowest BCUT2D eigenvalue weighted by molar-refractivity contribution is 0.176. The second kappa shape index (κ2) is 8.03. The number of nitrogens with zero attached hydrogens (tertiary/aromatic N) is 1. The number of aliphatic hydroxyl groups excluding tert-OH is 1. The van der Waals surface area contributed by atoms with E-state index < -0.39 is 0 Å². The number of rotatable bonds is 6. The Labute approximate surface area is 133 Å². The van der Waals surface area contributed by atoms with Crippen molar-refractivity contribution in [1.29, 1.82) is 0 Å². The summed E-state index contributed by atoms with van der Waals surface area (Å²) in [6.45, 7) is 9.45. The molecule has 2 N–H and O–H groups in total. The highest BCUT2D eigenvalue weighted by Gasteiger charge is 2.20. The summed E-state index contributed by atoms with van der Waals surface area (Å²) < 4.78 is 5.22. The highest BCUT2D eigenvalue weighted by molar-refractivity contribution is 5.89. The molecule has 0 aliphatic rings. The minimum atomic E-state index is -0.145. The SMILES string of the molecule is COc1ccc(NC(=O)N(CCCO)CC(C)(C)C)cc1C. The van der Waals surface area contributed by atoms with Crippen LogP contribution in [0.2, 0.25) is 0 Å². The van der Waals surface area contributed by atoms with Gasteiger partial charge in [0.25, 0.3) is 0 Å². The Balaban J connectivity index is 2.79. The molecule has 0 unspecified atom stereocenters. The summed E-state index contributed by atoms with van der Waals surface area (Å²) in [6, 6.07) is 5.41. The van der Waals surface area contributed by atoms with E-state index in [9.17, 15) is 4.79 Å². The number of hydrogen-bond donors (Lipinski definition) is 2. The summed E-state index contributed by atoms with van der Waals surface area (Å²) in [7, 11) is 1.63. The van der Waals surface area contributed by atoms with Gasteiger partial charge in [0.1, 0.15) is 5.75 Å². The molecule has 5 nitrogen and oxygen atoms in total. The van der Waals surface area contributed by atoms with Gasteiger partial charge in [0.2, 0.25) is 0 Å². The Morgan fingerprint density at radius 3 is 2.55 bits per heavy atom. The van der Waals surface area contributed by atoms with Gasteiger partial charge in [0, 0.05) is 25.4 Å². The number of nitrogens with one attached hydrogen (secondary N) is 1. The Hall–Kier alpha value is -1.75. The molecular formula is C17H28N2O3. The monoisotopic (exact) mass is 308 g/mol. The maximum absolute atomic E-state index is 12.5. The summed E-state index contributed by atoms with van der Waals surface area (Å²) >= 11 is 0. The smallest absolute Gasteiger partial charge is 0.321 e. The minimum Gasteiger partial charge on any atom is -0.496 e. The van der Waals surface area contributed by atoms with Crippen LogP contribution in [-0.4, -0.2) is 42.8 Å². The van der Waals surface area contributed by atoms with E-state index in [0.717, 1.165) is 17.0 Å². The molecular weight excluding hydrogens is 280 g/mol. The van der Waals surface area contributed by atoms with Gasteiger partial charge >= 0.3 is 6.03 Å². The first-order valence-corrected chi connectivity index (χ1v) is 7.58. The zero-order valence-corrected chi connectivity index (χ0v) is 14.3. The number of methoxy groups -OCH3 is 1. The van der Waals surface area contributed by atoms with Gasteiger partial charge in [0.05, 0.1) is 7.11 Å². The molecule has 1 aromatic rings. The first-order valence-electron chi connectivity index (χ1n) is 7.58. The lowest BCUT2D eigenvalue weighted by Gasteiger charge is -2.30. The number of carbonyl (C=O) groups is 1. The van der Waals surface area contributed by atoms with Gasteiger partial charge in [-0.25, -0.2) is 4.79 Å². The Morgan fingerprint density at radius 1 is 1.36 bits per heavy atom. The molecule has 0 aromatic heterocycles. The third-order valence-corrected chi connectivity index (χ3v) is 3.18. The van der Waals surface area contributed by atoms with E-state index in [1.54, 1.807) is 12.0 Å². The second-order valence-electron chi connectivity index (χ2n) is 6.67. The largest absolute Gasteiger partial charge is 0.496 e. The molecule has 0 aliphatic carbocycles. The molecule has 5 heteroatoms. The van der Waals surface area contributed by atoms with Crippen molar-refractivity contribution < 1.29 is 14.6 Å². The van der Waals surface area contributed by atoms with E-state index in [2.05, 4.69) is 26.1 Å². The fourth-order valence-electron chi connectivity index (χ4n) is 2.25. The topological polar surface area (TPSA) is 61.8 Å². The first-order chi connectivity index (χ1) is 10.3. The number of amides is 2. The van der Waals surface area contributed by atoms with E-state index in [0.29, 0.717) is 19.5 Å². The third-order valence-electron chi connectivity index (χ3n) is 3.18. The zero-order chi connectivity index (χ0) is 16.8. The van der Waals surface area contributed by atoms with Crippen LogP contribution >= 0.6 is 0 Å². The molecule has 2 amide bonds. The van der Waals surface area contributed by atoms with Crippen molar-refractivity contribution in [1.82, 2.24) is 4.90 Å². The highest BCUT2D eigenvalue weighted by atomic mass is 16.5. The highest BCUT2D eigenvalue weighted by Crippen LogP contribution is 2.22. The second-order valence-corrected chi connectivity index (χ2v) is 6.67. The van der Waals surface area contributed by atoms with Crippen molar-refractivity contribution in [3.63, 3.8) is 0 Å². The quantitative estimate of drug-likeness (QED) is 0.848. The maximum atomic E-state index is 12.5. The van der Waals surface area contributed by atoms with Crippen LogP contribution in [0.4, 0.5) is 10.5 Å². The predicted molar refractivity (Wildman–Crippen MR) is 89.5 cm³/mol. The number of aliphatic hydroxyl groups is 1. The summed E-state index contributed by atoms with van der Waals surface area (Å²) in [5, 5.41) is 11.9. The number of benzene rings is 1. The molecule has 0 saturated carbocycles. The molecule has 1 aromatic carbocycles. The van der Waals surface area contributed by atoms with Crippen molar-refractivity contribution in [2.75, 3.05) is 32.1 Å². The first kappa shape index (κ1) is 18.3. The lowest BCUT2D eigenvalue weighted by atomic mass is 9.96. The molecule has 0 aliphatic heterocycles. The van der Waals surface area contributed by atoms with E-state index in [4.69, 9.17) is 9.84 Å². The van der Waals surface area contributed by atoms with Crippen LogP contribution in [0.15, 0.2) is 18.2 Å². The predicted octanol–water partition coefficient (Wildman–Crippen LogP) is 3.27. The van der Waals surface area contributed by atoms with Crippen LogP contribution in [0.3, 0.4) is 0 Å². The molecule has 0 radical (unpaired) electrons. The third kappa shape index (κ3) is 5.93. The number of urea groups is 1. The van der Waals surface area contributed by atoms with Crippen molar-refractivity contribution in [2.45, 2.75) is 34.1 Å². The van der Waals surface area contributed by atoms with Crippen molar-refractivity contribution >= 4 is 11.7 Å². The van der Waals surface area contributed by atoms with E-state index in [1.807, 2.05) is 25.1 Å². The lowest BCUT2D eigenvalue weighted by Crippen LogP contribution is -2.41. The van der Waals surface area contributed by atoms with Crippen LogP contribution in [0.1, 0.15) is 32.8 Å². The van der Waals surface area contributed by atoms with Gasteiger partial charge in [-0.3, -0.25) is 0 Å². The summed E-state index contributed by atoms with van der Waals surface area (Å²) in [4.78, 5) is 14.2. The van der Waals surface area contributed by atoms with E-state index in [1.165, 1.54) is 0 Å². The van der Waals surface area contributed by atoms with Gasteiger partial charge in [-0.1, -0.05) is 20.8 Å². The van der Waals surface area contributed by atoms with E-state index in [-0.39, 0.29) is 18.1 Å². The van der Waals surface area contributed by atoms with Gasteiger partial charge < -0.3 is 20.1 Å². The van der Waals surface area contributed by atoms with Crippen LogP contribution in [0.5, 0.6) is 5.75 Å². The summed E-state index contributed by atoms with van der Waals surface area (Å²) in [6.07, 6.45) is 0.575. The normalized spacial score (nSPS) is 11.2. The van der Waals surface area contributed by atoms with Crippen molar-refractivity contribution in [2.24, 2.45) is 5.41 Å². The number of carbonyl (C=O) groups excluding carboxylic acids is 1. The average molecular weight is 308 g/mol. The zero-order valence-electron chi connectivity index (χ0n) is 14.3. The fraction of sp³-hybridized carbons (Fsp3) is 0.588. The molecule has 1 rings (SSSR count). The molecule has 0 fully saturated rings. The Bertz CT molecular complexity index is 495. The minimum absolute atomic E-state index is 0.00260. The fourth-order valence-corrected chi connectivity index (χ4v) is 2.25. The number of anilines is 1. The maximum Gasteiger partial charge on any atom is 0.321 e. The van der Waals surface area contributed by atoms with Crippen LogP contribution in [0.25, 0.3) is 0 Å². The van der Waals surface area contributed by atoms with Crippen molar-refractivity contribution in [3.05, 3.63) is 23.8 Å². The molecule has 0 saturated heterocycles. The van der Waals surface area contributed by atoms with Gasteiger partial charge in [-0.15, -0.1) is 0 Å². The standard InChI is InChI=1S/C17H28N2O3/c1-13-11-14(7-8-15(13)22-5)18-16(21)19(9-6-10-20)12-17(2,3)4/h7-8,11,20H,6,9-10,12H2,1-5H3,(H,18,21). The number of aryl methyl sites for hydroxylation is 1. The van der Waals surface area contributed by atoms with Gasteiger partial charge in [-0.05, 0) is 42.5 Å². The van der Waals surface area contributed by atoms with Crippen molar-refractivity contribution in [3.8, 4) is 5.75 Å². The van der Waals surface area contributed by atoms with Crippen LogP contribution in [-0.2, 0) is 0 Å². The summed E-state index contributed by atoms with van der Waals surface area (Å²) in [5.74, 6) is 0.796.